The fraction of sp³-hybridized carbons (Fsp3) is 0.467. The summed E-state index contributed by atoms with van der Waals surface area (Å²) in [7, 11) is 0. The number of hydrogen-bond acceptors (Lipinski definition) is 4. The van der Waals surface area contributed by atoms with E-state index in [0.717, 1.165) is 24.8 Å². The van der Waals surface area contributed by atoms with E-state index >= 15 is 0 Å². The van der Waals surface area contributed by atoms with Crippen LogP contribution in [0.5, 0.6) is 0 Å². The van der Waals surface area contributed by atoms with Crippen molar-refractivity contribution in [2.24, 2.45) is 0 Å². The van der Waals surface area contributed by atoms with Crippen molar-refractivity contribution < 1.29 is 14.7 Å². The summed E-state index contributed by atoms with van der Waals surface area (Å²) in [6.07, 6.45) is 3.47. The molecular weight excluding hydrogens is 284 g/mol. The number of piperidine rings is 1. The molecule has 3 rings (SSSR count). The minimum atomic E-state index is -0.818. The van der Waals surface area contributed by atoms with Crippen LogP contribution in [0.25, 0.3) is 11.0 Å². The molecule has 0 spiro atoms. The maximum atomic E-state index is 12.7. The molecule has 2 heterocycles. The first kappa shape index (κ1) is 14.5. The largest absolute Gasteiger partial charge is 0.481 e. The zero-order chi connectivity index (χ0) is 15.5. The fourth-order valence-electron chi connectivity index (χ4n) is 3.00. The molecule has 1 aliphatic heterocycles. The average molecular weight is 302 g/mol. The molecule has 1 atom stereocenters. The number of likely N-dealkylation sites (tertiary alicyclic amines) is 1. The van der Waals surface area contributed by atoms with Crippen LogP contribution >= 0.6 is 0 Å². The number of hydrogen-bond donors (Lipinski definition) is 2. The monoisotopic (exact) mass is 302 g/mol. The highest BCUT2D eigenvalue weighted by Crippen LogP contribution is 2.24. The molecule has 116 valence electrons. The highest BCUT2D eigenvalue weighted by atomic mass is 16.4. The molecule has 2 N–H and O–H groups in total. The Balaban J connectivity index is 1.79. The number of nitrogens with one attached hydrogen (secondary N) is 1. The number of aromatic nitrogens is 3. The number of aromatic amines is 1. The number of fused-ring (bicyclic) bond motifs is 1. The Morgan fingerprint density at radius 2 is 2.09 bits per heavy atom. The van der Waals surface area contributed by atoms with Crippen LogP contribution in [0.15, 0.2) is 18.2 Å². The van der Waals surface area contributed by atoms with E-state index in [0.29, 0.717) is 24.0 Å². The molecule has 22 heavy (non-hydrogen) atoms. The van der Waals surface area contributed by atoms with Gasteiger partial charge in [0.1, 0.15) is 11.0 Å². The molecule has 7 heteroatoms. The number of carboxylic acids is 1. The number of amides is 1. The van der Waals surface area contributed by atoms with Gasteiger partial charge in [0.15, 0.2) is 0 Å². The van der Waals surface area contributed by atoms with Crippen LogP contribution < -0.4 is 0 Å². The third-order valence-electron chi connectivity index (χ3n) is 4.14. The molecule has 1 amide bonds. The third kappa shape index (κ3) is 2.93. The molecule has 0 saturated carbocycles. The first-order valence-electron chi connectivity index (χ1n) is 7.48. The van der Waals surface area contributed by atoms with E-state index in [-0.39, 0.29) is 18.4 Å². The van der Waals surface area contributed by atoms with E-state index in [9.17, 15) is 9.59 Å². The van der Waals surface area contributed by atoms with Crippen LogP contribution in [-0.4, -0.2) is 49.9 Å². The van der Waals surface area contributed by atoms with Crippen molar-refractivity contribution in [3.63, 3.8) is 0 Å². The number of benzene rings is 1. The number of carbonyl (C=O) groups excluding carboxylic acids is 1. The van der Waals surface area contributed by atoms with Gasteiger partial charge in [-0.2, -0.15) is 15.4 Å². The molecule has 0 bridgehead atoms. The lowest BCUT2D eigenvalue weighted by Gasteiger charge is -2.35. The van der Waals surface area contributed by atoms with Crippen LogP contribution in [0.1, 0.15) is 42.5 Å². The summed E-state index contributed by atoms with van der Waals surface area (Å²) in [5, 5.41) is 19.4. The van der Waals surface area contributed by atoms with Crippen LogP contribution in [0.3, 0.4) is 0 Å². The van der Waals surface area contributed by atoms with Gasteiger partial charge in [-0.15, -0.1) is 0 Å². The van der Waals surface area contributed by atoms with Gasteiger partial charge >= 0.3 is 5.97 Å². The van der Waals surface area contributed by atoms with Crippen molar-refractivity contribution in [2.45, 2.75) is 38.1 Å². The number of aliphatic carboxylic acids is 1. The summed E-state index contributed by atoms with van der Waals surface area (Å²) in [5.41, 5.74) is 1.95. The van der Waals surface area contributed by atoms with Gasteiger partial charge < -0.3 is 10.0 Å². The molecule has 1 aliphatic rings. The van der Waals surface area contributed by atoms with Gasteiger partial charge in [0.05, 0.1) is 0 Å². The summed E-state index contributed by atoms with van der Waals surface area (Å²) in [5.74, 6) is -0.873. The SMILES string of the molecule is O=C(O)CC[C@@H]1CCCCN1C(=O)c1ccc2n[nH]nc2c1. The highest BCUT2D eigenvalue weighted by molar-refractivity contribution is 5.97. The van der Waals surface area contributed by atoms with Crippen LogP contribution in [-0.2, 0) is 4.79 Å². The minimum Gasteiger partial charge on any atom is -0.481 e. The van der Waals surface area contributed by atoms with Crippen molar-refractivity contribution in [1.82, 2.24) is 20.3 Å². The van der Waals surface area contributed by atoms with Crippen LogP contribution in [0.4, 0.5) is 0 Å². The molecule has 1 aromatic carbocycles. The maximum Gasteiger partial charge on any atom is 0.303 e. The predicted molar refractivity (Wildman–Crippen MR) is 79.4 cm³/mol. The second-order valence-corrected chi connectivity index (χ2v) is 5.61. The molecule has 0 aliphatic carbocycles. The molecule has 1 fully saturated rings. The highest BCUT2D eigenvalue weighted by Gasteiger charge is 2.28. The summed E-state index contributed by atoms with van der Waals surface area (Å²) >= 11 is 0. The average Bonchev–Trinajstić information content (AvgIpc) is 3.00. The number of H-pyrrole nitrogens is 1. The van der Waals surface area contributed by atoms with Crippen molar-refractivity contribution in [1.29, 1.82) is 0 Å². The molecule has 0 radical (unpaired) electrons. The van der Waals surface area contributed by atoms with Gasteiger partial charge in [0.2, 0.25) is 0 Å². The maximum absolute atomic E-state index is 12.7. The third-order valence-corrected chi connectivity index (χ3v) is 4.14. The summed E-state index contributed by atoms with van der Waals surface area (Å²) in [6.45, 7) is 0.681. The number of rotatable bonds is 4. The van der Waals surface area contributed by atoms with E-state index < -0.39 is 5.97 Å². The first-order valence-corrected chi connectivity index (χ1v) is 7.48. The Hall–Kier alpha value is -2.44. The zero-order valence-electron chi connectivity index (χ0n) is 12.2. The molecule has 2 aromatic rings. The lowest BCUT2D eigenvalue weighted by Crippen LogP contribution is -2.43. The van der Waals surface area contributed by atoms with Crippen molar-refractivity contribution >= 4 is 22.9 Å². The van der Waals surface area contributed by atoms with Gasteiger partial charge in [-0.25, -0.2) is 0 Å². The Bertz CT molecular complexity index is 697. The Morgan fingerprint density at radius 1 is 1.27 bits per heavy atom. The van der Waals surface area contributed by atoms with E-state index in [1.54, 1.807) is 18.2 Å². The number of carbonyl (C=O) groups is 2. The lowest BCUT2D eigenvalue weighted by molar-refractivity contribution is -0.137. The van der Waals surface area contributed by atoms with E-state index in [1.807, 2.05) is 4.90 Å². The Morgan fingerprint density at radius 3 is 2.91 bits per heavy atom. The van der Waals surface area contributed by atoms with E-state index in [2.05, 4.69) is 15.4 Å². The van der Waals surface area contributed by atoms with Gasteiger partial charge in [-0.05, 0) is 43.9 Å². The molecule has 1 saturated heterocycles. The molecular formula is C15H18N4O3. The predicted octanol–water partition coefficient (Wildman–Crippen LogP) is 1.82. The van der Waals surface area contributed by atoms with E-state index in [1.165, 1.54) is 0 Å². The zero-order valence-corrected chi connectivity index (χ0v) is 12.2. The van der Waals surface area contributed by atoms with Gasteiger partial charge in [-0.3, -0.25) is 9.59 Å². The normalized spacial score (nSPS) is 18.5. The second kappa shape index (κ2) is 6.13. The minimum absolute atomic E-state index is 0.00496. The molecule has 1 aromatic heterocycles. The Labute approximate surface area is 127 Å². The fourth-order valence-corrected chi connectivity index (χ4v) is 3.00. The van der Waals surface area contributed by atoms with Gasteiger partial charge in [0.25, 0.3) is 5.91 Å². The summed E-state index contributed by atoms with van der Waals surface area (Å²) in [4.78, 5) is 25.3. The quantitative estimate of drug-likeness (QED) is 0.897. The lowest BCUT2D eigenvalue weighted by atomic mass is 9.97. The van der Waals surface area contributed by atoms with Crippen molar-refractivity contribution in [3.05, 3.63) is 23.8 Å². The summed E-state index contributed by atoms with van der Waals surface area (Å²) < 4.78 is 0. The van der Waals surface area contributed by atoms with Crippen molar-refractivity contribution in [2.75, 3.05) is 6.54 Å². The summed E-state index contributed by atoms with van der Waals surface area (Å²) in [6, 6.07) is 5.24. The molecule has 7 nitrogen and oxygen atoms in total. The van der Waals surface area contributed by atoms with Crippen LogP contribution in [0, 0.1) is 0 Å². The smallest absolute Gasteiger partial charge is 0.303 e. The standard InChI is InChI=1S/C15H18N4O3/c20-14(21)7-5-11-3-1-2-8-19(11)15(22)10-4-6-12-13(9-10)17-18-16-12/h4,6,9,11H,1-3,5,7-8H2,(H,20,21)(H,16,17,18)/t11-/m0/s1. The topological polar surface area (TPSA) is 99.2 Å². The Kier molecular flexibility index (Phi) is 4.04. The van der Waals surface area contributed by atoms with Gasteiger partial charge in [-0.1, -0.05) is 0 Å². The van der Waals surface area contributed by atoms with Gasteiger partial charge in [0, 0.05) is 24.6 Å². The van der Waals surface area contributed by atoms with Crippen LogP contribution in [0.2, 0.25) is 0 Å². The number of nitrogens with zero attached hydrogens (tertiary/aromatic N) is 3. The second-order valence-electron chi connectivity index (χ2n) is 5.61. The molecule has 0 unspecified atom stereocenters. The number of carboxylic acid groups (broad SMARTS) is 1. The van der Waals surface area contributed by atoms with Crippen molar-refractivity contribution in [3.8, 4) is 0 Å². The van der Waals surface area contributed by atoms with E-state index in [4.69, 9.17) is 5.11 Å². The first-order chi connectivity index (χ1) is 10.6.